The third-order valence-electron chi connectivity index (χ3n) is 27.9. The van der Waals surface area contributed by atoms with Gasteiger partial charge in [0.15, 0.2) is 0 Å². The van der Waals surface area contributed by atoms with E-state index in [1.165, 1.54) is 296 Å². The average molecular weight is 1980 g/mol. The fraction of sp³-hybridized carbons (Fsp3) is 0.596. The summed E-state index contributed by atoms with van der Waals surface area (Å²) in [5.74, 6) is 8.08. The number of rotatable bonds is 19. The molecule has 0 saturated heterocycles. The largest absolute Gasteiger partial charge is 2.00 e. The van der Waals surface area contributed by atoms with Gasteiger partial charge in [-0.15, -0.1) is 0 Å². The van der Waals surface area contributed by atoms with Crippen molar-refractivity contribution in [2.24, 2.45) is 41.4 Å². The summed E-state index contributed by atoms with van der Waals surface area (Å²) in [6.45, 7) is 21.3. The van der Waals surface area contributed by atoms with E-state index in [4.69, 9.17) is 4.74 Å². The van der Waals surface area contributed by atoms with Crippen LogP contribution in [0.25, 0.3) is 0 Å². The Hall–Kier alpha value is -1.07. The Morgan fingerprint density at radius 2 is 0.600 bits per heavy atom. The molecule has 0 spiro atoms. The van der Waals surface area contributed by atoms with Gasteiger partial charge in [-0.3, -0.25) is 0 Å². The monoisotopic (exact) mass is 1980 g/mol. The average Bonchev–Trinajstić information content (AvgIpc) is 1.78. The van der Waals surface area contributed by atoms with Crippen molar-refractivity contribution in [1.29, 1.82) is 0 Å². The van der Waals surface area contributed by atoms with E-state index >= 15 is 0 Å². The van der Waals surface area contributed by atoms with Crippen molar-refractivity contribution in [2.45, 2.75) is 359 Å². The second-order valence-corrected chi connectivity index (χ2v) is 44.4. The van der Waals surface area contributed by atoms with E-state index in [0.29, 0.717) is 17.8 Å². The second kappa shape index (κ2) is 77.1. The van der Waals surface area contributed by atoms with Crippen LogP contribution in [0.15, 0.2) is 158 Å². The van der Waals surface area contributed by atoms with Gasteiger partial charge in [-0.1, -0.05) is 380 Å². The Kier molecular flexibility index (Phi) is 84.5. The Bertz CT molecular complexity index is 3300. The first-order chi connectivity index (χ1) is 53.6. The van der Waals surface area contributed by atoms with E-state index in [9.17, 15) is 0 Å². The van der Waals surface area contributed by atoms with Gasteiger partial charge in [0.05, 0.1) is 0 Å². The topological polar surface area (TPSA) is 15.7 Å². The molecule has 10 fully saturated rings. The van der Waals surface area contributed by atoms with Crippen LogP contribution in [0.2, 0.25) is 0 Å². The van der Waals surface area contributed by atoms with Crippen LogP contribution in [0.1, 0.15) is 333 Å². The van der Waals surface area contributed by atoms with Crippen LogP contribution >= 0.6 is 23.8 Å². The molecule has 10 saturated carbocycles. The number of aryl methyl sites for hydroxylation is 2. The maximum Gasteiger partial charge on any atom is 2.00 e. The van der Waals surface area contributed by atoms with Gasteiger partial charge in [-0.2, -0.15) is 0 Å². The molecule has 0 radical (unpaired) electrons. The van der Waals surface area contributed by atoms with Crippen molar-refractivity contribution in [3.8, 4) is 11.5 Å². The van der Waals surface area contributed by atoms with Gasteiger partial charge in [0, 0.05) is 28.9 Å². The molecule has 0 aromatic heterocycles. The molecule has 6 unspecified atom stereocenters. The Balaban J connectivity index is -0.000000278. The first-order valence-corrected chi connectivity index (χ1v) is 51.1. The zero-order valence-electron chi connectivity index (χ0n) is 84.5. The van der Waals surface area contributed by atoms with E-state index in [1.807, 2.05) is 0 Å². The molecule has 0 aliphatic heterocycles. The minimum atomic E-state index is -0.528. The van der Waals surface area contributed by atoms with Crippen LogP contribution in [-0.2, 0) is 85.3 Å². The quantitative estimate of drug-likeness (QED) is 0.0457. The van der Waals surface area contributed by atoms with Gasteiger partial charge in [-0.05, 0) is 251 Å². The number of hydrogen-bond acceptors (Lipinski definition) is 3. The van der Waals surface area contributed by atoms with Crippen molar-refractivity contribution >= 4 is 45.0 Å². The molecule has 10 aliphatic carbocycles. The van der Waals surface area contributed by atoms with Gasteiger partial charge >= 0.3 is 85.3 Å². The second-order valence-electron chi connectivity index (χ2n) is 36.9. The van der Waals surface area contributed by atoms with E-state index in [2.05, 4.69) is 258 Å². The Morgan fingerprint density at radius 3 is 0.968 bits per heavy atom. The summed E-state index contributed by atoms with van der Waals surface area (Å²) in [5, 5.41) is 6.06. The molecular weight excluding hydrogens is 1790 g/mol. The molecule has 6 aromatic carbocycles. The summed E-state index contributed by atoms with van der Waals surface area (Å²) >= 11 is 0. The van der Waals surface area contributed by atoms with Crippen molar-refractivity contribution in [3.05, 3.63) is 254 Å². The molecule has 0 bridgehead atoms. The summed E-state index contributed by atoms with van der Waals surface area (Å²) in [4.78, 5) is 4.80. The van der Waals surface area contributed by atoms with Crippen molar-refractivity contribution < 1.29 is 90.1 Å². The molecule has 16 rings (SSSR count). The first-order valence-electron chi connectivity index (χ1n) is 46.3. The van der Waals surface area contributed by atoms with E-state index in [-0.39, 0.29) is 175 Å². The molecule has 718 valence electrons. The molecular formula is C114H191Fe5N2OP3. The van der Waals surface area contributed by atoms with Crippen LogP contribution in [0.5, 0.6) is 11.5 Å². The van der Waals surface area contributed by atoms with Gasteiger partial charge < -0.3 is 88.8 Å². The van der Waals surface area contributed by atoms with Gasteiger partial charge in [0.25, 0.3) is 0 Å². The van der Waals surface area contributed by atoms with E-state index in [0.717, 1.165) is 75.8 Å². The first kappa shape index (κ1) is 137. The SMILES string of the molecule is C1CCCC1.C1CCCC1.C1CCCC1.C1CCCC1.CC(C)C1CCCC1[P@](c1ccccc1)C1CCCC1.C[C@@H](C1CCCC1[P@](c1ccccc1)C1CCCC1)N(C)C.C[C@H](C1CCCC1)N(C)C.Cc1ccc(Oc2ccc(C)cc2[P@@](C)c2ccccc2)c([C@H](c2ccccc2)C2CCCC2C(C)C)c1.[CH3-].[CH3-].[CH3-].[CH3-].[CH3-].[CH3-].[CH3-].[CH3-].[CH3-].[CH3-].[Fe+2].[Fe+2].[Fe+2].[Fe+2].[Fe+2]. The third kappa shape index (κ3) is 45.0. The normalized spacial score (nSPS) is 21.3. The molecule has 11 heteroatoms. The Labute approximate surface area is 838 Å². The molecule has 12 atom stereocenters. The third-order valence-corrected chi connectivity index (χ3v) is 37.2. The number of nitrogens with zero attached hydrogens (tertiary/aromatic N) is 2. The summed E-state index contributed by atoms with van der Waals surface area (Å²) in [5.41, 5.74) is 9.29. The van der Waals surface area contributed by atoms with Crippen molar-refractivity contribution in [1.82, 2.24) is 9.80 Å². The van der Waals surface area contributed by atoms with Crippen LogP contribution < -0.4 is 26.0 Å². The number of hydrogen-bond donors (Lipinski definition) is 0. The molecule has 125 heavy (non-hydrogen) atoms. The van der Waals surface area contributed by atoms with Crippen LogP contribution in [0, 0.1) is 130 Å². The minimum absolute atomic E-state index is 0. The smallest absolute Gasteiger partial charge is 0.456 e. The summed E-state index contributed by atoms with van der Waals surface area (Å²) in [6.07, 6.45) is 60.5. The van der Waals surface area contributed by atoms with Gasteiger partial charge in [0.1, 0.15) is 11.5 Å². The molecule has 10 aliphatic rings. The fourth-order valence-electron chi connectivity index (χ4n) is 21.1. The van der Waals surface area contributed by atoms with Crippen LogP contribution in [0.3, 0.4) is 0 Å². The molecule has 6 aromatic rings. The summed E-state index contributed by atoms with van der Waals surface area (Å²) < 4.78 is 6.97. The minimum Gasteiger partial charge on any atom is -0.456 e. The van der Waals surface area contributed by atoms with Crippen LogP contribution in [-0.4, -0.2) is 79.4 Å². The summed E-state index contributed by atoms with van der Waals surface area (Å²) in [7, 11) is 8.46. The summed E-state index contributed by atoms with van der Waals surface area (Å²) in [6, 6.07) is 60.2. The maximum atomic E-state index is 6.97. The van der Waals surface area contributed by atoms with Crippen molar-refractivity contribution in [2.75, 3.05) is 34.9 Å². The molecule has 0 heterocycles. The van der Waals surface area contributed by atoms with Gasteiger partial charge in [0.2, 0.25) is 0 Å². The van der Waals surface area contributed by atoms with Crippen molar-refractivity contribution in [3.63, 3.8) is 0 Å². The van der Waals surface area contributed by atoms with E-state index < -0.39 is 7.92 Å². The fourth-order valence-corrected chi connectivity index (χ4v) is 31.1. The van der Waals surface area contributed by atoms with Gasteiger partial charge in [-0.25, -0.2) is 0 Å². The van der Waals surface area contributed by atoms with Crippen LogP contribution in [0.4, 0.5) is 0 Å². The number of ether oxygens (including phenoxy) is 1. The predicted molar refractivity (Wildman–Crippen MR) is 557 cm³/mol. The standard InChI is InChI=1S/C36H41OP.C20H32NP.C19H29P.C9H19N.4C5H10.10CH3.5Fe/c1-25(2)30-17-12-18-31(30)36(28-13-8-6-9-14-28)32-23-26(3)19-21-33(32)37-34-22-20-27(4)24-35(34)38(5)29-15-10-7-11-16-29;1-16(21(2)3)19-14-9-15-20(19)22(18-12-7-8-13-18)17-10-5-4-6-11-17;1-15(2)18-13-8-14-19(18)20(17-11-6-7-12-17)16-9-4-3-5-10-16;1-8(10(2)3)9-6-4-5-7-9;4*1-2-4-5-3-1;;;;;;;;;;;;;;;/h6-11,13-16,19-25,30-31,36H,12,17-18H2,1-5H3;4-6,10-11,16,18-20H,7-9,12-15H2,1-3H3;3-5,9-10,15,17-19H,6-8,11-14H2,1-2H3;8-9H,4-7H2,1-3H3;4*1-5H2;10*1H3;;;;;/q;;;;;;;;10*-1;5*+2/t30?,31?,36-,38+;16-,19?,20?,22+;18?,19?,20-;8-;;;;;;;;;;;;;;;;;;;/m1011.................../s1. The molecule has 0 amide bonds. The number of benzene rings is 6. The zero-order valence-corrected chi connectivity index (χ0v) is 92.7. The molecule has 3 nitrogen and oxygen atoms in total. The Morgan fingerprint density at radius 1 is 0.296 bits per heavy atom. The zero-order chi connectivity index (χ0) is 77.8. The maximum absolute atomic E-state index is 6.97. The molecule has 0 N–H and O–H groups in total. The predicted octanol–water partition coefficient (Wildman–Crippen LogP) is 34.2. The van der Waals surface area contributed by atoms with E-state index in [1.54, 1.807) is 10.6 Å².